The molecule has 0 aromatic carbocycles. The molecule has 5 rings (SSSR count). The van der Waals surface area contributed by atoms with Crippen molar-refractivity contribution in [3.05, 3.63) is 11.6 Å². The second kappa shape index (κ2) is 7.33. The molecule has 8 atom stereocenters. The fraction of sp³-hybridized carbons (Fsp3) is 0.806. The van der Waals surface area contributed by atoms with Crippen molar-refractivity contribution in [3.8, 4) is 6.07 Å². The summed E-state index contributed by atoms with van der Waals surface area (Å²) in [4.78, 5) is 40.3. The van der Waals surface area contributed by atoms with Crippen LogP contribution in [0.3, 0.4) is 0 Å². The highest BCUT2D eigenvalue weighted by atomic mass is 16.4. The highest BCUT2D eigenvalue weighted by molar-refractivity contribution is 6.04. The summed E-state index contributed by atoms with van der Waals surface area (Å²) in [5, 5.41) is 20.4. The van der Waals surface area contributed by atoms with E-state index in [1.54, 1.807) is 0 Å². The third-order valence-corrected chi connectivity index (χ3v) is 12.9. The fourth-order valence-corrected chi connectivity index (χ4v) is 10.7. The van der Waals surface area contributed by atoms with Gasteiger partial charge in [0.25, 0.3) is 0 Å². The summed E-state index contributed by atoms with van der Waals surface area (Å²) in [6.45, 7) is 15.2. The topological polar surface area (TPSA) is 95.2 Å². The van der Waals surface area contributed by atoms with E-state index in [2.05, 4.69) is 40.7 Å². The summed E-state index contributed by atoms with van der Waals surface area (Å²) in [5.74, 6) is -0.843. The van der Waals surface area contributed by atoms with Crippen molar-refractivity contribution in [2.75, 3.05) is 0 Å². The van der Waals surface area contributed by atoms with E-state index in [1.165, 1.54) is 0 Å². The zero-order valence-electron chi connectivity index (χ0n) is 23.2. The Balaban J connectivity index is 1.65. The molecule has 5 nitrogen and oxygen atoms in total. The zero-order valence-corrected chi connectivity index (χ0v) is 23.2. The number of hydrogen-bond acceptors (Lipinski definition) is 4. The average Bonchev–Trinajstić information content (AvgIpc) is 2.77. The van der Waals surface area contributed by atoms with Crippen LogP contribution in [0.1, 0.15) is 99.8 Å². The van der Waals surface area contributed by atoms with Gasteiger partial charge in [0, 0.05) is 17.8 Å². The number of Topliss-reactive ketones (excluding diaryl/α,β-unsaturated/α-hetero) is 2. The Morgan fingerprint density at radius 1 is 0.944 bits per heavy atom. The molecule has 0 aromatic rings. The van der Waals surface area contributed by atoms with Gasteiger partial charge >= 0.3 is 5.97 Å². The molecule has 0 saturated heterocycles. The molecule has 0 aliphatic heterocycles. The van der Waals surface area contributed by atoms with Gasteiger partial charge in [-0.05, 0) is 84.4 Å². The molecule has 0 spiro atoms. The standard InChI is InChI=1S/C31H43NO4/c1-26(2)10-12-31(25(35)36)13-11-30(7)23(19(31)16-26)20(33)14-22-28(5)15-18(17-32)24(34)27(3,4)21(28)8-9-29(22,30)6/h15,19,21-23H,8-14,16H2,1-7H3,(H,35,36)/t19?,21-,22+,23?,28-,29+,30+,31-/m0/s1. The van der Waals surface area contributed by atoms with Gasteiger partial charge < -0.3 is 5.11 Å². The van der Waals surface area contributed by atoms with Gasteiger partial charge in [0.15, 0.2) is 5.78 Å². The molecule has 0 bridgehead atoms. The second-order valence-electron chi connectivity index (χ2n) is 15.1. The van der Waals surface area contributed by atoms with Crippen LogP contribution in [0.25, 0.3) is 0 Å². The number of nitriles is 1. The van der Waals surface area contributed by atoms with Crippen LogP contribution in [0.2, 0.25) is 0 Å². The third-order valence-electron chi connectivity index (χ3n) is 12.9. The number of ketones is 2. The van der Waals surface area contributed by atoms with Crippen LogP contribution in [0, 0.1) is 67.5 Å². The second-order valence-corrected chi connectivity index (χ2v) is 15.1. The Kier molecular flexibility index (Phi) is 5.23. The lowest BCUT2D eigenvalue weighted by Crippen LogP contribution is -2.69. The first-order chi connectivity index (χ1) is 16.5. The highest BCUT2D eigenvalue weighted by Gasteiger charge is 2.73. The minimum atomic E-state index is -0.799. The van der Waals surface area contributed by atoms with Gasteiger partial charge in [-0.1, -0.05) is 54.5 Å². The number of rotatable bonds is 1. The lowest BCUT2D eigenvalue weighted by molar-refractivity contribution is -0.225. The van der Waals surface area contributed by atoms with Crippen molar-refractivity contribution in [1.82, 2.24) is 0 Å². The van der Waals surface area contributed by atoms with Crippen molar-refractivity contribution in [1.29, 1.82) is 5.26 Å². The van der Waals surface area contributed by atoms with Crippen molar-refractivity contribution in [2.45, 2.75) is 99.8 Å². The van der Waals surface area contributed by atoms with E-state index in [4.69, 9.17) is 0 Å². The van der Waals surface area contributed by atoms with E-state index in [0.717, 1.165) is 32.1 Å². The minimum Gasteiger partial charge on any atom is -0.481 e. The van der Waals surface area contributed by atoms with Gasteiger partial charge in [-0.25, -0.2) is 0 Å². The number of carboxylic acid groups (broad SMARTS) is 1. The highest BCUT2D eigenvalue weighted by Crippen LogP contribution is 2.75. The van der Waals surface area contributed by atoms with Gasteiger partial charge in [0.05, 0.1) is 11.0 Å². The minimum absolute atomic E-state index is 0.0295. The first-order valence-electron chi connectivity index (χ1n) is 13.9. The summed E-state index contributed by atoms with van der Waals surface area (Å²) in [6.07, 6.45) is 7.87. The molecule has 0 amide bonds. The number of allylic oxidation sites excluding steroid dienone is 2. The van der Waals surface area contributed by atoms with Gasteiger partial charge in [0.1, 0.15) is 11.9 Å². The average molecular weight is 494 g/mol. The van der Waals surface area contributed by atoms with E-state index < -0.39 is 22.2 Å². The molecule has 1 N–H and O–H groups in total. The fourth-order valence-electron chi connectivity index (χ4n) is 10.7. The molecule has 0 heterocycles. The summed E-state index contributed by atoms with van der Waals surface area (Å²) in [6, 6.07) is 2.18. The lowest BCUT2D eigenvalue weighted by Gasteiger charge is -2.71. The lowest BCUT2D eigenvalue weighted by atomic mass is 9.31. The van der Waals surface area contributed by atoms with Gasteiger partial charge in [-0.3, -0.25) is 14.4 Å². The summed E-state index contributed by atoms with van der Waals surface area (Å²) in [7, 11) is 0. The molecule has 0 aromatic heterocycles. The Morgan fingerprint density at radius 2 is 1.58 bits per heavy atom. The normalized spacial score (nSPS) is 48.9. The molecule has 0 radical (unpaired) electrons. The number of carbonyl (C=O) groups excluding carboxylic acids is 2. The van der Waals surface area contributed by atoms with Crippen molar-refractivity contribution in [3.63, 3.8) is 0 Å². The van der Waals surface area contributed by atoms with Gasteiger partial charge in [-0.2, -0.15) is 5.26 Å². The smallest absolute Gasteiger partial charge is 0.309 e. The van der Waals surface area contributed by atoms with Crippen LogP contribution in [0.4, 0.5) is 0 Å². The van der Waals surface area contributed by atoms with E-state index in [1.807, 2.05) is 19.9 Å². The first-order valence-corrected chi connectivity index (χ1v) is 13.9. The van der Waals surface area contributed by atoms with E-state index in [0.29, 0.717) is 19.3 Å². The predicted molar refractivity (Wildman–Crippen MR) is 137 cm³/mol. The summed E-state index contributed by atoms with van der Waals surface area (Å²) in [5.41, 5.74) is -2.07. The van der Waals surface area contributed by atoms with Crippen molar-refractivity contribution in [2.24, 2.45) is 56.2 Å². The maximum Gasteiger partial charge on any atom is 0.309 e. The zero-order chi connectivity index (χ0) is 26.7. The maximum absolute atomic E-state index is 14.3. The molecule has 5 heteroatoms. The van der Waals surface area contributed by atoms with Crippen molar-refractivity contribution >= 4 is 17.5 Å². The largest absolute Gasteiger partial charge is 0.481 e. The van der Waals surface area contributed by atoms with Crippen LogP contribution >= 0.6 is 0 Å². The van der Waals surface area contributed by atoms with Crippen LogP contribution in [0.15, 0.2) is 11.6 Å². The van der Waals surface area contributed by atoms with Gasteiger partial charge in [0.2, 0.25) is 0 Å². The number of nitrogens with zero attached hydrogens (tertiary/aromatic N) is 1. The molecular formula is C31H43NO4. The Hall–Kier alpha value is -1.96. The number of hydrogen-bond donors (Lipinski definition) is 1. The monoisotopic (exact) mass is 493 g/mol. The molecule has 196 valence electrons. The predicted octanol–water partition coefficient (Wildman–Crippen LogP) is 6.37. The van der Waals surface area contributed by atoms with Crippen molar-refractivity contribution < 1.29 is 19.5 Å². The molecule has 36 heavy (non-hydrogen) atoms. The van der Waals surface area contributed by atoms with E-state index in [9.17, 15) is 24.8 Å². The van der Waals surface area contributed by atoms with E-state index >= 15 is 0 Å². The Bertz CT molecular complexity index is 1130. The van der Waals surface area contributed by atoms with Crippen LogP contribution < -0.4 is 0 Å². The van der Waals surface area contributed by atoms with E-state index in [-0.39, 0.29) is 57.1 Å². The van der Waals surface area contributed by atoms with Gasteiger partial charge in [-0.15, -0.1) is 0 Å². The number of carboxylic acids is 1. The first kappa shape index (κ1) is 25.7. The molecule has 5 aliphatic carbocycles. The third kappa shape index (κ3) is 2.91. The SMILES string of the molecule is CC1(C)CC[C@]2(C(=O)O)CC[C@]3(C)C(C(=O)C[C@@H]4[C@@]5(C)C=C(C#N)C(=O)C(C)(C)[C@@H]5CC[C@]43C)C2C1. The van der Waals surface area contributed by atoms with Crippen LogP contribution in [-0.4, -0.2) is 22.6 Å². The molecule has 2 unspecified atom stereocenters. The molecular weight excluding hydrogens is 450 g/mol. The number of fused-ring (bicyclic) bond motifs is 7. The molecule has 4 saturated carbocycles. The number of aliphatic carboxylic acids is 1. The van der Waals surface area contributed by atoms with Crippen LogP contribution in [-0.2, 0) is 14.4 Å². The summed E-state index contributed by atoms with van der Waals surface area (Å²) < 4.78 is 0. The van der Waals surface area contributed by atoms with Crippen LogP contribution in [0.5, 0.6) is 0 Å². The number of carbonyl (C=O) groups is 3. The molecule has 4 fully saturated rings. The summed E-state index contributed by atoms with van der Waals surface area (Å²) >= 11 is 0. The maximum atomic E-state index is 14.3. The Labute approximate surface area is 216 Å². The quantitative estimate of drug-likeness (QED) is 0.458. The molecule has 5 aliphatic rings. The Morgan fingerprint density at radius 3 is 2.19 bits per heavy atom.